The molecule has 2 N–H and O–H groups in total. The van der Waals surface area contributed by atoms with Crippen LogP contribution < -0.4 is 5.32 Å². The van der Waals surface area contributed by atoms with E-state index in [-0.39, 0.29) is 5.91 Å². The van der Waals surface area contributed by atoms with E-state index >= 15 is 0 Å². The highest BCUT2D eigenvalue weighted by atomic mass is 16.4. The van der Waals surface area contributed by atoms with Gasteiger partial charge in [0.15, 0.2) is 0 Å². The van der Waals surface area contributed by atoms with Crippen molar-refractivity contribution in [1.82, 2.24) is 5.32 Å². The molecule has 0 spiro atoms. The van der Waals surface area contributed by atoms with Gasteiger partial charge in [-0.1, -0.05) is 6.92 Å². The van der Waals surface area contributed by atoms with Crippen molar-refractivity contribution in [1.29, 1.82) is 0 Å². The average Bonchev–Trinajstić information content (AvgIpc) is 1.85. The van der Waals surface area contributed by atoms with E-state index in [9.17, 15) is 9.59 Å². The van der Waals surface area contributed by atoms with E-state index in [0.717, 1.165) is 6.42 Å². The van der Waals surface area contributed by atoms with Gasteiger partial charge in [-0.2, -0.15) is 0 Å². The molecule has 0 aliphatic rings. The molecule has 4 nitrogen and oxygen atoms in total. The summed E-state index contributed by atoms with van der Waals surface area (Å²) in [4.78, 5) is 21.5. The van der Waals surface area contributed by atoms with Crippen LogP contribution in [-0.2, 0) is 9.59 Å². The third kappa shape index (κ3) is 3.37. The number of hydrogen-bond donors (Lipinski definition) is 2. The smallest absolute Gasteiger partial charge is 0.328 e. The molecule has 0 fully saturated rings. The van der Waals surface area contributed by atoms with Crippen LogP contribution in [0.15, 0.2) is 0 Å². The number of carbonyl (C=O) groups excluding carboxylic acids is 1. The van der Waals surface area contributed by atoms with Gasteiger partial charge in [0.25, 0.3) is 0 Å². The number of rotatable bonds is 4. The highest BCUT2D eigenvalue weighted by Gasteiger charge is 2.28. The van der Waals surface area contributed by atoms with Crippen LogP contribution in [0.2, 0.25) is 0 Å². The fraction of sp³-hybridized carbons (Fsp3) is 0.750. The summed E-state index contributed by atoms with van der Waals surface area (Å²) >= 11 is 0. The lowest BCUT2D eigenvalue weighted by atomic mass is 10.1. The summed E-state index contributed by atoms with van der Waals surface area (Å²) in [6.07, 6.45) is 1.10. The summed E-state index contributed by atoms with van der Waals surface area (Å²) < 4.78 is 0. The SMILES string of the molecule is CCCC(=O)NC(C)(C)C(=O)O. The topological polar surface area (TPSA) is 66.4 Å². The van der Waals surface area contributed by atoms with E-state index in [0.29, 0.717) is 6.42 Å². The molecule has 0 aromatic heterocycles. The maximum atomic E-state index is 11.0. The van der Waals surface area contributed by atoms with Crippen LogP contribution in [0.1, 0.15) is 33.6 Å². The molecular weight excluding hydrogens is 158 g/mol. The molecule has 0 unspecified atom stereocenters. The minimum atomic E-state index is -1.16. The lowest BCUT2D eigenvalue weighted by Crippen LogP contribution is -2.49. The zero-order valence-corrected chi connectivity index (χ0v) is 7.68. The Kier molecular flexibility index (Phi) is 3.73. The van der Waals surface area contributed by atoms with Crippen LogP contribution in [0.5, 0.6) is 0 Å². The number of hydrogen-bond acceptors (Lipinski definition) is 2. The van der Waals surface area contributed by atoms with E-state index in [1.165, 1.54) is 13.8 Å². The monoisotopic (exact) mass is 173 g/mol. The first-order valence-corrected chi connectivity index (χ1v) is 3.94. The number of carboxylic acids is 1. The van der Waals surface area contributed by atoms with Gasteiger partial charge in [-0.25, -0.2) is 4.79 Å². The molecule has 12 heavy (non-hydrogen) atoms. The molecular formula is C8H15NO3. The van der Waals surface area contributed by atoms with E-state index in [2.05, 4.69) is 5.32 Å². The predicted molar refractivity (Wildman–Crippen MR) is 44.8 cm³/mol. The number of carbonyl (C=O) groups is 2. The van der Waals surface area contributed by atoms with Crippen molar-refractivity contribution in [2.45, 2.75) is 39.2 Å². The summed E-state index contributed by atoms with van der Waals surface area (Å²) in [6.45, 7) is 4.79. The van der Waals surface area contributed by atoms with Crippen LogP contribution in [0, 0.1) is 0 Å². The summed E-state index contributed by atoms with van der Waals surface area (Å²) in [5, 5.41) is 11.1. The van der Waals surface area contributed by atoms with Crippen LogP contribution >= 0.6 is 0 Å². The van der Waals surface area contributed by atoms with Crippen molar-refractivity contribution in [3.63, 3.8) is 0 Å². The highest BCUT2D eigenvalue weighted by molar-refractivity contribution is 5.86. The lowest BCUT2D eigenvalue weighted by Gasteiger charge is -2.20. The van der Waals surface area contributed by atoms with Crippen molar-refractivity contribution in [3.8, 4) is 0 Å². The summed E-state index contributed by atoms with van der Waals surface area (Å²) in [5.41, 5.74) is -1.16. The van der Waals surface area contributed by atoms with E-state index in [4.69, 9.17) is 5.11 Å². The number of amides is 1. The Labute approximate surface area is 72.0 Å². The molecule has 0 aliphatic carbocycles. The molecule has 4 heteroatoms. The van der Waals surface area contributed by atoms with E-state index in [1.54, 1.807) is 0 Å². The molecule has 0 saturated heterocycles. The number of carboxylic acid groups (broad SMARTS) is 1. The average molecular weight is 173 g/mol. The second-order valence-electron chi connectivity index (χ2n) is 3.23. The first kappa shape index (κ1) is 10.9. The zero-order chi connectivity index (χ0) is 9.78. The van der Waals surface area contributed by atoms with Crippen LogP contribution in [-0.4, -0.2) is 22.5 Å². The molecule has 1 amide bonds. The van der Waals surface area contributed by atoms with Gasteiger partial charge in [0, 0.05) is 6.42 Å². The third-order valence-corrected chi connectivity index (χ3v) is 1.46. The van der Waals surface area contributed by atoms with Gasteiger partial charge in [0.05, 0.1) is 0 Å². The second kappa shape index (κ2) is 4.09. The number of aliphatic carboxylic acids is 1. The van der Waals surface area contributed by atoms with Crippen LogP contribution in [0.25, 0.3) is 0 Å². The zero-order valence-electron chi connectivity index (χ0n) is 7.68. The quantitative estimate of drug-likeness (QED) is 0.659. The Bertz CT molecular complexity index is 187. The Morgan fingerprint density at radius 2 is 1.92 bits per heavy atom. The summed E-state index contributed by atoms with van der Waals surface area (Å²) in [7, 11) is 0. The van der Waals surface area contributed by atoms with Gasteiger partial charge >= 0.3 is 5.97 Å². The Morgan fingerprint density at radius 1 is 1.42 bits per heavy atom. The van der Waals surface area contributed by atoms with E-state index < -0.39 is 11.5 Å². The fourth-order valence-electron chi connectivity index (χ4n) is 0.692. The van der Waals surface area contributed by atoms with Crippen LogP contribution in [0.4, 0.5) is 0 Å². The van der Waals surface area contributed by atoms with Crippen molar-refractivity contribution in [3.05, 3.63) is 0 Å². The highest BCUT2D eigenvalue weighted by Crippen LogP contribution is 2.02. The Morgan fingerprint density at radius 3 is 2.25 bits per heavy atom. The Balaban J connectivity index is 4.06. The minimum absolute atomic E-state index is 0.218. The molecule has 0 aromatic rings. The normalized spacial score (nSPS) is 10.9. The van der Waals surface area contributed by atoms with E-state index in [1.807, 2.05) is 6.92 Å². The van der Waals surface area contributed by atoms with Crippen molar-refractivity contribution in [2.24, 2.45) is 0 Å². The molecule has 0 aliphatic heterocycles. The minimum Gasteiger partial charge on any atom is -0.480 e. The van der Waals surface area contributed by atoms with Gasteiger partial charge in [-0.3, -0.25) is 4.79 Å². The molecule has 70 valence electrons. The molecule has 0 atom stereocenters. The molecule has 0 heterocycles. The molecule has 0 rings (SSSR count). The molecule has 0 saturated carbocycles. The van der Waals surface area contributed by atoms with Gasteiger partial charge < -0.3 is 10.4 Å². The van der Waals surface area contributed by atoms with Crippen molar-refractivity contribution in [2.75, 3.05) is 0 Å². The molecule has 0 radical (unpaired) electrons. The standard InChI is InChI=1S/C8H15NO3/c1-4-5-6(10)9-8(2,3)7(11)12/h4-5H2,1-3H3,(H,9,10)(H,11,12). The van der Waals surface area contributed by atoms with Crippen molar-refractivity contribution < 1.29 is 14.7 Å². The first-order valence-electron chi connectivity index (χ1n) is 3.94. The Hall–Kier alpha value is -1.06. The lowest BCUT2D eigenvalue weighted by molar-refractivity contribution is -0.146. The molecule has 0 aromatic carbocycles. The first-order chi connectivity index (χ1) is 5.40. The van der Waals surface area contributed by atoms with Gasteiger partial charge in [-0.15, -0.1) is 0 Å². The van der Waals surface area contributed by atoms with Gasteiger partial charge in [-0.05, 0) is 20.3 Å². The summed E-state index contributed by atoms with van der Waals surface area (Å²) in [6, 6.07) is 0. The van der Waals surface area contributed by atoms with Gasteiger partial charge in [0.2, 0.25) is 5.91 Å². The summed E-state index contributed by atoms with van der Waals surface area (Å²) in [5.74, 6) is -1.24. The third-order valence-electron chi connectivity index (χ3n) is 1.46. The maximum absolute atomic E-state index is 11.0. The maximum Gasteiger partial charge on any atom is 0.328 e. The molecule has 0 bridgehead atoms. The number of nitrogens with one attached hydrogen (secondary N) is 1. The second-order valence-corrected chi connectivity index (χ2v) is 3.23. The van der Waals surface area contributed by atoms with Crippen molar-refractivity contribution >= 4 is 11.9 Å². The largest absolute Gasteiger partial charge is 0.480 e. The predicted octanol–water partition coefficient (Wildman–Crippen LogP) is 0.766. The van der Waals surface area contributed by atoms with Crippen LogP contribution in [0.3, 0.4) is 0 Å². The fourth-order valence-corrected chi connectivity index (χ4v) is 0.692. The van der Waals surface area contributed by atoms with Gasteiger partial charge in [0.1, 0.15) is 5.54 Å².